The minimum Gasteiger partial charge on any atom is -0.493 e. The third-order valence-electron chi connectivity index (χ3n) is 2.48. The molecule has 0 aliphatic carbocycles. The van der Waals surface area contributed by atoms with E-state index >= 15 is 0 Å². The third-order valence-corrected chi connectivity index (χ3v) is 2.48. The highest BCUT2D eigenvalue weighted by molar-refractivity contribution is 5.55. The Morgan fingerprint density at radius 1 is 1.12 bits per heavy atom. The van der Waals surface area contributed by atoms with Crippen LogP contribution in [0.1, 0.15) is 0 Å². The fourth-order valence-electron chi connectivity index (χ4n) is 1.49. The van der Waals surface area contributed by atoms with E-state index in [1.807, 2.05) is 0 Å². The Labute approximate surface area is 100 Å². The zero-order valence-corrected chi connectivity index (χ0v) is 10.2. The maximum absolute atomic E-state index is 5.57. The second kappa shape index (κ2) is 5.14. The minimum atomic E-state index is 0.217. The van der Waals surface area contributed by atoms with Crippen LogP contribution >= 0.6 is 0 Å². The van der Waals surface area contributed by atoms with E-state index in [-0.39, 0.29) is 6.10 Å². The van der Waals surface area contributed by atoms with Crippen molar-refractivity contribution in [3.63, 3.8) is 0 Å². The predicted molar refractivity (Wildman–Crippen MR) is 61.3 cm³/mol. The maximum Gasteiger partial charge on any atom is 0.203 e. The summed E-state index contributed by atoms with van der Waals surface area (Å²) in [6, 6.07) is 3.54. The van der Waals surface area contributed by atoms with Crippen molar-refractivity contribution in [2.24, 2.45) is 0 Å². The van der Waals surface area contributed by atoms with Crippen molar-refractivity contribution in [2.75, 3.05) is 34.5 Å². The average Bonchev–Trinajstić information content (AvgIpc) is 3.18. The van der Waals surface area contributed by atoms with Gasteiger partial charge in [-0.3, -0.25) is 0 Å². The van der Waals surface area contributed by atoms with E-state index in [4.69, 9.17) is 23.7 Å². The van der Waals surface area contributed by atoms with Gasteiger partial charge in [0.25, 0.3) is 0 Å². The molecule has 1 saturated heterocycles. The Bertz CT molecular complexity index is 361. The molecule has 0 amide bonds. The first-order chi connectivity index (χ1) is 8.28. The van der Waals surface area contributed by atoms with Crippen LogP contribution in [-0.4, -0.2) is 40.6 Å². The fourth-order valence-corrected chi connectivity index (χ4v) is 1.49. The number of hydrogen-bond donors (Lipinski definition) is 0. The van der Waals surface area contributed by atoms with Gasteiger partial charge in [0, 0.05) is 12.1 Å². The van der Waals surface area contributed by atoms with Crippen LogP contribution in [0.15, 0.2) is 12.1 Å². The van der Waals surface area contributed by atoms with Gasteiger partial charge in [-0.2, -0.15) is 0 Å². The molecule has 1 aliphatic rings. The molecular weight excluding hydrogens is 224 g/mol. The monoisotopic (exact) mass is 240 g/mol. The summed E-state index contributed by atoms with van der Waals surface area (Å²) in [7, 11) is 4.72. The largest absolute Gasteiger partial charge is 0.493 e. The van der Waals surface area contributed by atoms with Crippen molar-refractivity contribution in [3.05, 3.63) is 12.1 Å². The van der Waals surface area contributed by atoms with E-state index in [0.29, 0.717) is 29.6 Å². The van der Waals surface area contributed by atoms with Gasteiger partial charge in [-0.25, -0.2) is 0 Å². The smallest absolute Gasteiger partial charge is 0.203 e. The molecular formula is C12H16O5. The Hall–Kier alpha value is -1.62. The normalized spacial score (nSPS) is 17.5. The van der Waals surface area contributed by atoms with Gasteiger partial charge >= 0.3 is 0 Å². The minimum absolute atomic E-state index is 0.217. The molecule has 1 aliphatic heterocycles. The van der Waals surface area contributed by atoms with Gasteiger partial charge in [0.05, 0.1) is 27.9 Å². The molecule has 0 radical (unpaired) electrons. The summed E-state index contributed by atoms with van der Waals surface area (Å²) in [5.41, 5.74) is 0. The Morgan fingerprint density at radius 2 is 1.71 bits per heavy atom. The molecule has 1 fully saturated rings. The SMILES string of the molecule is COc1cc(OC[C@@H]2CO2)cc(OC)c1OC. The maximum atomic E-state index is 5.57. The molecule has 0 N–H and O–H groups in total. The molecule has 17 heavy (non-hydrogen) atoms. The quantitative estimate of drug-likeness (QED) is 0.705. The van der Waals surface area contributed by atoms with Gasteiger partial charge in [-0.15, -0.1) is 0 Å². The molecule has 0 spiro atoms. The van der Waals surface area contributed by atoms with E-state index in [0.717, 1.165) is 6.61 Å². The molecule has 0 bridgehead atoms. The van der Waals surface area contributed by atoms with Gasteiger partial charge in [-0.1, -0.05) is 0 Å². The van der Waals surface area contributed by atoms with E-state index in [1.165, 1.54) is 0 Å². The highest BCUT2D eigenvalue weighted by Gasteiger charge is 2.23. The fraction of sp³-hybridized carbons (Fsp3) is 0.500. The van der Waals surface area contributed by atoms with Crippen LogP contribution in [0.2, 0.25) is 0 Å². The van der Waals surface area contributed by atoms with E-state index < -0.39 is 0 Å². The van der Waals surface area contributed by atoms with Crippen molar-refractivity contribution >= 4 is 0 Å². The van der Waals surface area contributed by atoms with E-state index in [2.05, 4.69) is 0 Å². The van der Waals surface area contributed by atoms with Crippen molar-refractivity contribution in [2.45, 2.75) is 6.10 Å². The number of methoxy groups -OCH3 is 3. The van der Waals surface area contributed by atoms with Crippen molar-refractivity contribution in [1.82, 2.24) is 0 Å². The van der Waals surface area contributed by atoms with Gasteiger partial charge in [0.2, 0.25) is 5.75 Å². The highest BCUT2D eigenvalue weighted by atomic mass is 16.6. The first kappa shape index (κ1) is 11.9. The molecule has 5 nitrogen and oxygen atoms in total. The zero-order valence-electron chi connectivity index (χ0n) is 10.2. The van der Waals surface area contributed by atoms with Crippen molar-refractivity contribution in [1.29, 1.82) is 0 Å². The van der Waals surface area contributed by atoms with Gasteiger partial charge in [0.1, 0.15) is 18.5 Å². The summed E-state index contributed by atoms with van der Waals surface area (Å²) in [6.45, 7) is 1.31. The molecule has 0 aromatic heterocycles. The topological polar surface area (TPSA) is 49.5 Å². The first-order valence-corrected chi connectivity index (χ1v) is 5.33. The summed E-state index contributed by atoms with van der Waals surface area (Å²) in [4.78, 5) is 0. The zero-order chi connectivity index (χ0) is 12.3. The number of epoxide rings is 1. The summed E-state index contributed by atoms with van der Waals surface area (Å²) < 4.78 is 26.3. The predicted octanol–water partition coefficient (Wildman–Crippen LogP) is 1.49. The van der Waals surface area contributed by atoms with Crippen LogP contribution in [0.3, 0.4) is 0 Å². The summed E-state index contributed by atoms with van der Waals surface area (Å²) >= 11 is 0. The molecule has 0 unspecified atom stereocenters. The highest BCUT2D eigenvalue weighted by Crippen LogP contribution is 2.40. The third kappa shape index (κ3) is 2.74. The van der Waals surface area contributed by atoms with Crippen LogP contribution in [0.5, 0.6) is 23.0 Å². The van der Waals surface area contributed by atoms with Crippen LogP contribution in [0.25, 0.3) is 0 Å². The average molecular weight is 240 g/mol. The molecule has 5 heteroatoms. The lowest BCUT2D eigenvalue weighted by Gasteiger charge is -2.14. The van der Waals surface area contributed by atoms with Crippen molar-refractivity contribution in [3.8, 4) is 23.0 Å². The van der Waals surface area contributed by atoms with Crippen LogP contribution in [0.4, 0.5) is 0 Å². The van der Waals surface area contributed by atoms with Crippen LogP contribution in [0, 0.1) is 0 Å². The van der Waals surface area contributed by atoms with Gasteiger partial charge in [-0.05, 0) is 0 Å². The second-order valence-corrected chi connectivity index (χ2v) is 3.63. The standard InChI is InChI=1S/C12H16O5/c1-13-10-4-8(16-6-9-7-17-9)5-11(14-2)12(10)15-3/h4-5,9H,6-7H2,1-3H3/t9-/m1/s1. The summed E-state index contributed by atoms with van der Waals surface area (Å²) in [5.74, 6) is 2.40. The number of ether oxygens (including phenoxy) is 5. The summed E-state index contributed by atoms with van der Waals surface area (Å²) in [5, 5.41) is 0. The molecule has 2 rings (SSSR count). The Balaban J connectivity index is 2.19. The van der Waals surface area contributed by atoms with Gasteiger partial charge < -0.3 is 23.7 Å². The first-order valence-electron chi connectivity index (χ1n) is 5.33. The number of rotatable bonds is 6. The number of benzene rings is 1. The van der Waals surface area contributed by atoms with E-state index in [9.17, 15) is 0 Å². The van der Waals surface area contributed by atoms with Crippen LogP contribution in [-0.2, 0) is 4.74 Å². The lowest BCUT2D eigenvalue weighted by Crippen LogP contribution is -2.05. The number of hydrogen-bond acceptors (Lipinski definition) is 5. The molecule has 1 aromatic rings. The van der Waals surface area contributed by atoms with Crippen LogP contribution < -0.4 is 18.9 Å². The molecule has 94 valence electrons. The Morgan fingerprint density at radius 3 is 2.12 bits per heavy atom. The second-order valence-electron chi connectivity index (χ2n) is 3.63. The van der Waals surface area contributed by atoms with Gasteiger partial charge in [0.15, 0.2) is 11.5 Å². The van der Waals surface area contributed by atoms with E-state index in [1.54, 1.807) is 33.5 Å². The molecule has 1 aromatic carbocycles. The lowest BCUT2D eigenvalue weighted by atomic mass is 10.2. The van der Waals surface area contributed by atoms with Crippen molar-refractivity contribution < 1.29 is 23.7 Å². The lowest BCUT2D eigenvalue weighted by molar-refractivity contribution is 0.258. The Kier molecular flexibility index (Phi) is 3.58. The molecule has 0 saturated carbocycles. The molecule has 1 atom stereocenters. The molecule has 1 heterocycles. The summed E-state index contributed by atoms with van der Waals surface area (Å²) in [6.07, 6.45) is 0.217.